The van der Waals surface area contributed by atoms with Crippen LogP contribution in [0.25, 0.3) is 5.57 Å². The monoisotopic (exact) mass is 298 g/mol. The third kappa shape index (κ3) is 3.73. The van der Waals surface area contributed by atoms with Crippen LogP contribution in [0.2, 0.25) is 0 Å². The molecule has 22 heavy (non-hydrogen) atoms. The lowest BCUT2D eigenvalue weighted by Gasteiger charge is -2.37. The Morgan fingerprint density at radius 1 is 0.955 bits per heavy atom. The molecule has 0 saturated carbocycles. The van der Waals surface area contributed by atoms with Crippen LogP contribution in [0.1, 0.15) is 51.0 Å². The minimum absolute atomic E-state index is 1.17. The van der Waals surface area contributed by atoms with E-state index in [1.165, 1.54) is 82.5 Å². The van der Waals surface area contributed by atoms with Gasteiger partial charge in [0.2, 0.25) is 0 Å². The highest BCUT2D eigenvalue weighted by molar-refractivity contribution is 5.77. The van der Waals surface area contributed by atoms with Gasteiger partial charge in [-0.3, -0.25) is 4.90 Å². The first-order chi connectivity index (χ1) is 10.9. The van der Waals surface area contributed by atoms with Gasteiger partial charge in [-0.05, 0) is 50.3 Å². The largest absolute Gasteiger partial charge is 0.368 e. The van der Waals surface area contributed by atoms with Gasteiger partial charge in [0, 0.05) is 37.4 Å². The number of hydrogen-bond donors (Lipinski definition) is 0. The highest BCUT2D eigenvalue weighted by Gasteiger charge is 2.19. The molecule has 1 aliphatic heterocycles. The minimum Gasteiger partial charge on any atom is -0.368 e. The highest BCUT2D eigenvalue weighted by atomic mass is 15.3. The molecule has 0 radical (unpaired) electrons. The first kappa shape index (κ1) is 15.6. The first-order valence-electron chi connectivity index (χ1n) is 9.14. The standard InChI is InChI=1S/C20H30N2/c1-2-13-21-14-16-22(17-15-21)20-12-8-7-11-19(20)18-9-5-3-4-6-10-18/h7-9,11-12H,2-6,10,13-17H2,1H3. The Bertz CT molecular complexity index is 498. The van der Waals surface area contributed by atoms with Crippen LogP contribution in [0.4, 0.5) is 5.69 Å². The molecule has 0 N–H and O–H groups in total. The van der Waals surface area contributed by atoms with Crippen molar-refractivity contribution in [2.45, 2.75) is 45.4 Å². The molecule has 3 rings (SSSR count). The molecule has 1 saturated heterocycles. The van der Waals surface area contributed by atoms with E-state index in [0.717, 1.165) is 0 Å². The molecule has 2 aliphatic rings. The van der Waals surface area contributed by atoms with Crippen LogP contribution in [-0.4, -0.2) is 37.6 Å². The zero-order valence-corrected chi connectivity index (χ0v) is 14.1. The van der Waals surface area contributed by atoms with E-state index in [2.05, 4.69) is 47.1 Å². The van der Waals surface area contributed by atoms with Crippen LogP contribution in [0, 0.1) is 0 Å². The molecule has 1 fully saturated rings. The summed E-state index contributed by atoms with van der Waals surface area (Å²) in [5, 5.41) is 0. The third-order valence-electron chi connectivity index (χ3n) is 5.04. The first-order valence-corrected chi connectivity index (χ1v) is 9.14. The second kappa shape index (κ2) is 7.82. The van der Waals surface area contributed by atoms with E-state index in [4.69, 9.17) is 0 Å². The van der Waals surface area contributed by atoms with Crippen LogP contribution in [0.5, 0.6) is 0 Å². The Morgan fingerprint density at radius 2 is 1.77 bits per heavy atom. The van der Waals surface area contributed by atoms with Gasteiger partial charge in [0.1, 0.15) is 0 Å². The van der Waals surface area contributed by atoms with Crippen LogP contribution >= 0.6 is 0 Å². The Balaban J connectivity index is 1.75. The summed E-state index contributed by atoms with van der Waals surface area (Å²) in [7, 11) is 0. The van der Waals surface area contributed by atoms with Crippen molar-refractivity contribution in [1.29, 1.82) is 0 Å². The lowest BCUT2D eigenvalue weighted by Crippen LogP contribution is -2.46. The molecule has 0 spiro atoms. The van der Waals surface area contributed by atoms with E-state index in [1.54, 1.807) is 5.57 Å². The van der Waals surface area contributed by atoms with Gasteiger partial charge in [0.15, 0.2) is 0 Å². The molecule has 0 amide bonds. The van der Waals surface area contributed by atoms with Crippen molar-refractivity contribution in [3.05, 3.63) is 35.9 Å². The number of benzene rings is 1. The van der Waals surface area contributed by atoms with E-state index in [-0.39, 0.29) is 0 Å². The quantitative estimate of drug-likeness (QED) is 0.803. The van der Waals surface area contributed by atoms with E-state index >= 15 is 0 Å². The van der Waals surface area contributed by atoms with Gasteiger partial charge >= 0.3 is 0 Å². The topological polar surface area (TPSA) is 6.48 Å². The molecule has 1 aliphatic carbocycles. The van der Waals surface area contributed by atoms with Crippen molar-refractivity contribution in [3.8, 4) is 0 Å². The average Bonchev–Trinajstić information content (AvgIpc) is 2.85. The number of para-hydroxylation sites is 1. The van der Waals surface area contributed by atoms with Crippen LogP contribution in [0.15, 0.2) is 30.3 Å². The maximum Gasteiger partial charge on any atom is 0.0443 e. The molecule has 2 heteroatoms. The summed E-state index contributed by atoms with van der Waals surface area (Å²) in [6.07, 6.45) is 10.4. The fourth-order valence-electron chi connectivity index (χ4n) is 3.81. The van der Waals surface area contributed by atoms with Crippen molar-refractivity contribution >= 4 is 11.3 Å². The Morgan fingerprint density at radius 3 is 2.59 bits per heavy atom. The van der Waals surface area contributed by atoms with Gasteiger partial charge in [0.05, 0.1) is 0 Å². The van der Waals surface area contributed by atoms with Gasteiger partial charge in [-0.25, -0.2) is 0 Å². The molecule has 120 valence electrons. The molecular formula is C20H30N2. The summed E-state index contributed by atoms with van der Waals surface area (Å²) < 4.78 is 0. The predicted molar refractivity (Wildman–Crippen MR) is 96.4 cm³/mol. The molecule has 1 aromatic rings. The molecule has 0 bridgehead atoms. The van der Waals surface area contributed by atoms with Gasteiger partial charge in [-0.1, -0.05) is 37.6 Å². The van der Waals surface area contributed by atoms with Crippen molar-refractivity contribution in [2.24, 2.45) is 0 Å². The number of hydrogen-bond acceptors (Lipinski definition) is 2. The Labute approximate surface area is 135 Å². The van der Waals surface area contributed by atoms with Crippen LogP contribution < -0.4 is 4.90 Å². The minimum atomic E-state index is 1.17. The Kier molecular flexibility index (Phi) is 5.55. The summed E-state index contributed by atoms with van der Waals surface area (Å²) in [6.45, 7) is 8.29. The van der Waals surface area contributed by atoms with Crippen LogP contribution in [-0.2, 0) is 0 Å². The molecule has 1 aromatic carbocycles. The summed E-state index contributed by atoms with van der Waals surface area (Å²) in [5.74, 6) is 0. The van der Waals surface area contributed by atoms with Gasteiger partial charge < -0.3 is 4.90 Å². The normalized spacial score (nSPS) is 20.6. The molecule has 0 atom stereocenters. The number of allylic oxidation sites excluding steroid dienone is 2. The molecule has 0 aromatic heterocycles. The van der Waals surface area contributed by atoms with Crippen molar-refractivity contribution < 1.29 is 0 Å². The average molecular weight is 298 g/mol. The molecule has 1 heterocycles. The number of rotatable bonds is 4. The molecule has 0 unspecified atom stereocenters. The maximum atomic E-state index is 2.60. The lowest BCUT2D eigenvalue weighted by molar-refractivity contribution is 0.258. The lowest BCUT2D eigenvalue weighted by atomic mass is 9.98. The summed E-state index contributed by atoms with van der Waals surface area (Å²) in [6, 6.07) is 9.08. The molecular weight excluding hydrogens is 268 g/mol. The van der Waals surface area contributed by atoms with E-state index in [1.807, 2.05) is 0 Å². The second-order valence-electron chi connectivity index (χ2n) is 6.67. The smallest absolute Gasteiger partial charge is 0.0443 e. The second-order valence-corrected chi connectivity index (χ2v) is 6.67. The predicted octanol–water partition coefficient (Wildman–Crippen LogP) is 4.57. The fraction of sp³-hybridized carbons (Fsp3) is 0.600. The SMILES string of the molecule is CCCN1CCN(c2ccccc2C2=CCCCCC2)CC1. The zero-order valence-electron chi connectivity index (χ0n) is 14.1. The Hall–Kier alpha value is -1.28. The maximum absolute atomic E-state index is 2.60. The summed E-state index contributed by atoms with van der Waals surface area (Å²) in [4.78, 5) is 5.21. The van der Waals surface area contributed by atoms with Gasteiger partial charge in [-0.15, -0.1) is 0 Å². The number of nitrogens with zero attached hydrogens (tertiary/aromatic N) is 2. The van der Waals surface area contributed by atoms with Crippen molar-refractivity contribution in [2.75, 3.05) is 37.6 Å². The van der Waals surface area contributed by atoms with E-state index in [0.29, 0.717) is 0 Å². The highest BCUT2D eigenvalue weighted by Crippen LogP contribution is 2.33. The number of anilines is 1. The van der Waals surface area contributed by atoms with Crippen molar-refractivity contribution in [1.82, 2.24) is 4.90 Å². The van der Waals surface area contributed by atoms with E-state index < -0.39 is 0 Å². The van der Waals surface area contributed by atoms with Crippen molar-refractivity contribution in [3.63, 3.8) is 0 Å². The number of piperazine rings is 1. The van der Waals surface area contributed by atoms with Gasteiger partial charge in [-0.2, -0.15) is 0 Å². The zero-order chi connectivity index (χ0) is 15.2. The van der Waals surface area contributed by atoms with Crippen LogP contribution in [0.3, 0.4) is 0 Å². The van der Waals surface area contributed by atoms with Gasteiger partial charge in [0.25, 0.3) is 0 Å². The summed E-state index contributed by atoms with van der Waals surface area (Å²) >= 11 is 0. The molecule has 2 nitrogen and oxygen atoms in total. The van der Waals surface area contributed by atoms with E-state index in [9.17, 15) is 0 Å². The fourth-order valence-corrected chi connectivity index (χ4v) is 3.81. The summed E-state index contributed by atoms with van der Waals surface area (Å²) in [5.41, 5.74) is 4.55. The third-order valence-corrected chi connectivity index (χ3v) is 5.04.